The van der Waals surface area contributed by atoms with Crippen LogP contribution in [0.15, 0.2) is 47.1 Å². The first-order chi connectivity index (χ1) is 12.5. The van der Waals surface area contributed by atoms with E-state index in [2.05, 4.69) is 9.84 Å². The second-order valence-corrected chi connectivity index (χ2v) is 5.64. The fourth-order valence-electron chi connectivity index (χ4n) is 2.70. The number of carbonyl (C=O) groups is 2. The van der Waals surface area contributed by atoms with Gasteiger partial charge in [0.2, 0.25) is 5.76 Å². The van der Waals surface area contributed by atoms with Gasteiger partial charge in [-0.15, -0.1) is 0 Å². The molecule has 3 aromatic rings. The number of ether oxygens (including phenoxy) is 2. The molecule has 0 aliphatic carbocycles. The number of benzene rings is 1. The molecule has 0 aliphatic heterocycles. The molecule has 26 heavy (non-hydrogen) atoms. The maximum atomic E-state index is 12.6. The highest BCUT2D eigenvalue weighted by Gasteiger charge is 2.22. The van der Waals surface area contributed by atoms with Crippen molar-refractivity contribution in [2.45, 2.75) is 20.5 Å². The summed E-state index contributed by atoms with van der Waals surface area (Å²) in [6, 6.07) is 11.1. The maximum Gasteiger partial charge on any atom is 0.374 e. The van der Waals surface area contributed by atoms with Crippen molar-refractivity contribution in [1.82, 2.24) is 9.78 Å². The first kappa shape index (κ1) is 17.5. The quantitative estimate of drug-likeness (QED) is 0.654. The van der Waals surface area contributed by atoms with Crippen LogP contribution in [0.5, 0.6) is 0 Å². The fourth-order valence-corrected chi connectivity index (χ4v) is 2.70. The van der Waals surface area contributed by atoms with Crippen LogP contribution in [0, 0.1) is 13.8 Å². The van der Waals surface area contributed by atoms with Gasteiger partial charge in [-0.1, -0.05) is 18.2 Å². The van der Waals surface area contributed by atoms with E-state index in [-0.39, 0.29) is 12.4 Å². The van der Waals surface area contributed by atoms with E-state index >= 15 is 0 Å². The van der Waals surface area contributed by atoms with Crippen molar-refractivity contribution in [2.75, 3.05) is 7.11 Å². The summed E-state index contributed by atoms with van der Waals surface area (Å²) >= 11 is 0. The number of rotatable bonds is 5. The minimum atomic E-state index is -0.620. The molecule has 0 spiro atoms. The van der Waals surface area contributed by atoms with E-state index in [1.165, 1.54) is 13.4 Å². The molecule has 3 rings (SSSR count). The van der Waals surface area contributed by atoms with E-state index in [0.29, 0.717) is 22.5 Å². The Kier molecular flexibility index (Phi) is 4.88. The minimum absolute atomic E-state index is 0.0220. The molecule has 0 atom stereocenters. The van der Waals surface area contributed by atoms with Gasteiger partial charge in [-0.25, -0.2) is 14.3 Å². The summed E-state index contributed by atoms with van der Waals surface area (Å²) in [5, 5.41) is 4.43. The van der Waals surface area contributed by atoms with Crippen LogP contribution in [0.25, 0.3) is 5.69 Å². The van der Waals surface area contributed by atoms with E-state index in [4.69, 9.17) is 9.15 Å². The lowest BCUT2D eigenvalue weighted by atomic mass is 10.2. The molecule has 0 fully saturated rings. The van der Waals surface area contributed by atoms with Gasteiger partial charge in [-0.3, -0.25) is 0 Å². The molecular weight excluding hydrogens is 336 g/mol. The second-order valence-electron chi connectivity index (χ2n) is 5.64. The van der Waals surface area contributed by atoms with Crippen LogP contribution in [-0.2, 0) is 16.1 Å². The topological polar surface area (TPSA) is 83.6 Å². The molecule has 7 heteroatoms. The van der Waals surface area contributed by atoms with Crippen LogP contribution in [0.3, 0.4) is 0 Å². The van der Waals surface area contributed by atoms with Crippen molar-refractivity contribution in [3.05, 3.63) is 70.9 Å². The first-order valence-corrected chi connectivity index (χ1v) is 7.96. The zero-order chi connectivity index (χ0) is 18.7. The summed E-state index contributed by atoms with van der Waals surface area (Å²) in [4.78, 5) is 24.2. The molecular formula is C19H18N2O5. The Morgan fingerprint density at radius 1 is 1.12 bits per heavy atom. The molecule has 134 valence electrons. The molecule has 1 aromatic carbocycles. The number of hydrogen-bond donors (Lipinski definition) is 0. The van der Waals surface area contributed by atoms with Gasteiger partial charge in [0.25, 0.3) is 0 Å². The van der Waals surface area contributed by atoms with Crippen LogP contribution in [0.4, 0.5) is 0 Å². The van der Waals surface area contributed by atoms with Crippen LogP contribution >= 0.6 is 0 Å². The van der Waals surface area contributed by atoms with Crippen LogP contribution in [0.1, 0.15) is 37.9 Å². The van der Waals surface area contributed by atoms with E-state index in [0.717, 1.165) is 5.69 Å². The summed E-state index contributed by atoms with van der Waals surface area (Å²) in [6.07, 6.45) is 1.35. The number of esters is 2. The summed E-state index contributed by atoms with van der Waals surface area (Å²) in [5.74, 6) is -1.11. The molecule has 0 amide bonds. The zero-order valence-corrected chi connectivity index (χ0v) is 14.7. The molecule has 0 bridgehead atoms. The molecule has 0 unspecified atom stereocenters. The Labute approximate surface area is 150 Å². The van der Waals surface area contributed by atoms with E-state index in [1.807, 2.05) is 30.3 Å². The van der Waals surface area contributed by atoms with Crippen LogP contribution in [0.2, 0.25) is 0 Å². The Morgan fingerprint density at radius 2 is 1.85 bits per heavy atom. The predicted molar refractivity (Wildman–Crippen MR) is 92.2 cm³/mol. The lowest BCUT2D eigenvalue weighted by Crippen LogP contribution is -2.10. The van der Waals surface area contributed by atoms with Crippen molar-refractivity contribution in [3.8, 4) is 5.69 Å². The third-order valence-corrected chi connectivity index (χ3v) is 3.97. The lowest BCUT2D eigenvalue weighted by Gasteiger charge is -2.06. The number of methoxy groups -OCH3 is 1. The smallest absolute Gasteiger partial charge is 0.374 e. The summed E-state index contributed by atoms with van der Waals surface area (Å²) in [5.41, 5.74) is 2.94. The molecule has 2 aromatic heterocycles. The standard InChI is InChI=1S/C19H18N2O5/c1-12-16(13(2)21(20-12)15-7-5-4-6-8-15)18(22)26-11-14-9-10-25-17(14)19(23)24-3/h4-10H,11H2,1-3H3. The first-order valence-electron chi connectivity index (χ1n) is 7.96. The average Bonchev–Trinajstić information content (AvgIpc) is 3.24. The van der Waals surface area contributed by atoms with Gasteiger partial charge in [0.05, 0.1) is 30.4 Å². The number of para-hydroxylation sites is 1. The van der Waals surface area contributed by atoms with Crippen molar-refractivity contribution in [3.63, 3.8) is 0 Å². The van der Waals surface area contributed by atoms with Gasteiger partial charge >= 0.3 is 11.9 Å². The monoisotopic (exact) mass is 354 g/mol. The van der Waals surface area contributed by atoms with Crippen LogP contribution in [-0.4, -0.2) is 28.8 Å². The highest BCUT2D eigenvalue weighted by atomic mass is 16.5. The number of hydrogen-bond acceptors (Lipinski definition) is 6. The highest BCUT2D eigenvalue weighted by molar-refractivity contribution is 5.92. The number of nitrogens with zero attached hydrogens (tertiary/aromatic N) is 2. The number of furan rings is 1. The van der Waals surface area contributed by atoms with Gasteiger partial charge in [-0.2, -0.15) is 5.10 Å². The summed E-state index contributed by atoms with van der Waals surface area (Å²) < 4.78 is 16.8. The van der Waals surface area contributed by atoms with Crippen LogP contribution < -0.4 is 0 Å². The van der Waals surface area contributed by atoms with Gasteiger partial charge < -0.3 is 13.9 Å². The van der Waals surface area contributed by atoms with Crippen molar-refractivity contribution in [2.24, 2.45) is 0 Å². The fraction of sp³-hybridized carbons (Fsp3) is 0.211. The predicted octanol–water partition coefficient (Wildman–Crippen LogP) is 3.23. The van der Waals surface area contributed by atoms with Crippen molar-refractivity contribution < 1.29 is 23.5 Å². The average molecular weight is 354 g/mol. The Hall–Kier alpha value is -3.35. The minimum Gasteiger partial charge on any atom is -0.463 e. The lowest BCUT2D eigenvalue weighted by molar-refractivity contribution is 0.0452. The Morgan fingerprint density at radius 3 is 2.54 bits per heavy atom. The number of aryl methyl sites for hydroxylation is 1. The third kappa shape index (κ3) is 3.23. The Balaban J connectivity index is 1.80. The number of carbonyl (C=O) groups excluding carboxylic acids is 2. The molecule has 0 aliphatic rings. The van der Waals surface area contributed by atoms with Gasteiger partial charge in [-0.05, 0) is 32.0 Å². The van der Waals surface area contributed by atoms with Gasteiger partial charge in [0.1, 0.15) is 12.2 Å². The molecule has 7 nitrogen and oxygen atoms in total. The van der Waals surface area contributed by atoms with E-state index in [9.17, 15) is 9.59 Å². The van der Waals surface area contributed by atoms with Gasteiger partial charge in [0.15, 0.2) is 0 Å². The van der Waals surface area contributed by atoms with Gasteiger partial charge in [0, 0.05) is 5.56 Å². The molecule has 0 saturated heterocycles. The summed E-state index contributed by atoms with van der Waals surface area (Å²) in [7, 11) is 1.26. The van der Waals surface area contributed by atoms with E-state index < -0.39 is 11.9 Å². The normalized spacial score (nSPS) is 10.6. The summed E-state index contributed by atoms with van der Waals surface area (Å²) in [6.45, 7) is 3.46. The van der Waals surface area contributed by atoms with Crippen molar-refractivity contribution in [1.29, 1.82) is 0 Å². The SMILES string of the molecule is COC(=O)c1occc1COC(=O)c1c(C)nn(-c2ccccc2)c1C. The molecule has 0 N–H and O–H groups in total. The molecule has 0 saturated carbocycles. The van der Waals surface area contributed by atoms with Crippen molar-refractivity contribution >= 4 is 11.9 Å². The van der Waals surface area contributed by atoms with E-state index in [1.54, 1.807) is 24.6 Å². The third-order valence-electron chi connectivity index (χ3n) is 3.97. The second kappa shape index (κ2) is 7.26. The maximum absolute atomic E-state index is 12.6. The Bertz CT molecular complexity index is 940. The highest BCUT2D eigenvalue weighted by Crippen LogP contribution is 2.20. The molecule has 0 radical (unpaired) electrons. The number of aromatic nitrogens is 2. The molecule has 2 heterocycles. The largest absolute Gasteiger partial charge is 0.463 e. The zero-order valence-electron chi connectivity index (χ0n) is 14.7.